The molecule has 0 spiro atoms. The van der Waals surface area contributed by atoms with Gasteiger partial charge in [-0.25, -0.2) is 9.97 Å². The van der Waals surface area contributed by atoms with Gasteiger partial charge in [0.25, 0.3) is 0 Å². The Balaban J connectivity index is 0.991. The van der Waals surface area contributed by atoms with Crippen molar-refractivity contribution in [2.45, 2.75) is 0 Å². The van der Waals surface area contributed by atoms with Crippen LogP contribution >= 0.6 is 0 Å². The molecular weight excluding hydrogens is 753 g/mol. The molecule has 8 aromatic carbocycles. The molecule has 0 aliphatic carbocycles. The fraction of sp³-hybridized carbons (Fsp3) is 0. The summed E-state index contributed by atoms with van der Waals surface area (Å²) in [4.78, 5) is 12.1. The van der Waals surface area contributed by atoms with Gasteiger partial charge in [0.2, 0.25) is 0 Å². The molecule has 0 saturated carbocycles. The van der Waals surface area contributed by atoms with Crippen molar-refractivity contribution in [2.24, 2.45) is 0 Å². The average Bonchev–Trinajstić information content (AvgIpc) is 3.64. The Labute approximate surface area is 349 Å². The van der Waals surface area contributed by atoms with Crippen LogP contribution < -0.4 is 14.4 Å². The number of hydrogen-bond acceptors (Lipinski definition) is 6. The van der Waals surface area contributed by atoms with E-state index in [-0.39, 0.29) is 5.75 Å². The first-order valence-electron chi connectivity index (χ1n) is 20.3. The molecule has 1 N–H and O–H groups in total. The quantitative estimate of drug-likeness (QED) is 0.192. The number of anilines is 3. The Morgan fingerprint density at radius 1 is 0.426 bits per heavy atom. The fourth-order valence-electron chi connectivity index (χ4n) is 9.44. The highest BCUT2D eigenvalue weighted by atomic mass is 16.5. The van der Waals surface area contributed by atoms with Crippen molar-refractivity contribution >= 4 is 60.7 Å². The number of benzene rings is 8. The summed E-state index contributed by atoms with van der Waals surface area (Å²) in [6, 6.07) is 62.5. The van der Waals surface area contributed by atoms with E-state index in [1.54, 1.807) is 12.1 Å². The molecule has 0 radical (unpaired) electrons. The molecule has 0 amide bonds. The Morgan fingerprint density at radius 3 is 1.98 bits per heavy atom. The molecule has 2 aliphatic rings. The van der Waals surface area contributed by atoms with Crippen LogP contribution in [0.3, 0.4) is 0 Å². The fourth-order valence-corrected chi connectivity index (χ4v) is 9.44. The van der Waals surface area contributed by atoms with E-state index in [1.807, 2.05) is 47.5 Å². The lowest BCUT2D eigenvalue weighted by molar-refractivity contribution is 0.434. The second-order valence-corrected chi connectivity index (χ2v) is 15.5. The molecule has 0 atom stereocenters. The summed E-state index contributed by atoms with van der Waals surface area (Å²) in [6.07, 6.45) is 1.82. The number of phenols is 1. The maximum atomic E-state index is 11.1. The van der Waals surface area contributed by atoms with Crippen molar-refractivity contribution in [2.75, 3.05) is 4.90 Å². The lowest BCUT2D eigenvalue weighted by Crippen LogP contribution is -2.20. The van der Waals surface area contributed by atoms with Crippen LogP contribution in [0.5, 0.6) is 28.7 Å². The maximum Gasteiger partial charge on any atom is 0.162 e. The van der Waals surface area contributed by atoms with Crippen molar-refractivity contribution in [1.29, 1.82) is 0 Å². The van der Waals surface area contributed by atoms with Gasteiger partial charge >= 0.3 is 0 Å². The van der Waals surface area contributed by atoms with Crippen molar-refractivity contribution in [3.05, 3.63) is 188 Å². The number of pyridine rings is 2. The van der Waals surface area contributed by atoms with Crippen LogP contribution in [0, 0.1) is 0 Å². The molecule has 7 heteroatoms. The number of para-hydroxylation sites is 4. The van der Waals surface area contributed by atoms with Crippen LogP contribution in [0.15, 0.2) is 188 Å². The van der Waals surface area contributed by atoms with E-state index in [2.05, 4.69) is 138 Å². The van der Waals surface area contributed by atoms with Crippen molar-refractivity contribution in [3.8, 4) is 67.9 Å². The summed E-state index contributed by atoms with van der Waals surface area (Å²) in [5.41, 5.74) is 11.5. The number of hydrogen-bond donors (Lipinski definition) is 1. The zero-order valence-corrected chi connectivity index (χ0v) is 32.5. The first-order chi connectivity index (χ1) is 30.2. The van der Waals surface area contributed by atoms with E-state index in [0.29, 0.717) is 34.3 Å². The average molecular weight is 785 g/mol. The molecule has 7 nitrogen and oxygen atoms in total. The molecule has 2 aliphatic heterocycles. The molecule has 0 bridgehead atoms. The Bertz CT molecular complexity index is 3620. The number of ether oxygens (including phenoxy) is 2. The van der Waals surface area contributed by atoms with Gasteiger partial charge in [-0.2, -0.15) is 0 Å². The third-order valence-electron chi connectivity index (χ3n) is 12.1. The van der Waals surface area contributed by atoms with Crippen LogP contribution in [0.1, 0.15) is 0 Å². The first-order valence-corrected chi connectivity index (χ1v) is 20.3. The van der Waals surface area contributed by atoms with Crippen molar-refractivity contribution in [3.63, 3.8) is 0 Å². The number of aromatic nitrogens is 3. The highest BCUT2D eigenvalue weighted by Gasteiger charge is 2.37. The molecule has 286 valence electrons. The molecule has 13 rings (SSSR count). The van der Waals surface area contributed by atoms with Gasteiger partial charge in [0, 0.05) is 22.4 Å². The second-order valence-electron chi connectivity index (χ2n) is 15.5. The Kier molecular flexibility index (Phi) is 7.03. The lowest BCUT2D eigenvalue weighted by Gasteiger charge is -2.38. The van der Waals surface area contributed by atoms with Crippen molar-refractivity contribution < 1.29 is 14.6 Å². The van der Waals surface area contributed by atoms with E-state index in [0.717, 1.165) is 66.6 Å². The van der Waals surface area contributed by atoms with Crippen LogP contribution in [-0.2, 0) is 0 Å². The van der Waals surface area contributed by atoms with Crippen LogP contribution in [0.25, 0.3) is 82.8 Å². The maximum absolute atomic E-state index is 11.1. The predicted octanol–water partition coefficient (Wildman–Crippen LogP) is 14.3. The van der Waals surface area contributed by atoms with E-state index in [4.69, 9.17) is 19.4 Å². The van der Waals surface area contributed by atoms with Gasteiger partial charge < -0.3 is 14.6 Å². The zero-order valence-electron chi connectivity index (χ0n) is 32.5. The number of rotatable bonds is 4. The molecule has 3 aromatic heterocycles. The van der Waals surface area contributed by atoms with Gasteiger partial charge in [-0.3, -0.25) is 9.47 Å². The zero-order chi connectivity index (χ0) is 40.2. The van der Waals surface area contributed by atoms with Gasteiger partial charge in [0.15, 0.2) is 28.6 Å². The molecule has 61 heavy (non-hydrogen) atoms. The monoisotopic (exact) mass is 784 g/mol. The van der Waals surface area contributed by atoms with Crippen LogP contribution in [0.4, 0.5) is 17.1 Å². The van der Waals surface area contributed by atoms with E-state index in [1.165, 1.54) is 21.9 Å². The first kappa shape index (κ1) is 33.5. The third kappa shape index (κ3) is 4.98. The molecule has 5 heterocycles. The number of phenolic OH excluding ortho intramolecular Hbond substituents is 1. The van der Waals surface area contributed by atoms with Gasteiger partial charge in [-0.15, -0.1) is 0 Å². The largest absolute Gasteiger partial charge is 0.506 e. The van der Waals surface area contributed by atoms with Crippen molar-refractivity contribution in [1.82, 2.24) is 14.5 Å². The second kappa shape index (κ2) is 12.8. The SMILES string of the molecule is Oc1cccc2c1N1c3ccccc3Oc3cc(-c4ccc5c(c4)c4ccccc4n5-c4cc(-c5ccc(-c6ccccc6)c6ccccc56)c5cccnc5n4)cc(c31)O2. The normalized spacial score (nSPS) is 12.6. The smallest absolute Gasteiger partial charge is 0.162 e. The van der Waals surface area contributed by atoms with E-state index >= 15 is 0 Å². The topological polar surface area (TPSA) is 72.6 Å². The minimum atomic E-state index is 0.134. The predicted molar refractivity (Wildman–Crippen MR) is 244 cm³/mol. The molecule has 0 unspecified atom stereocenters. The molecular formula is C54H32N4O3. The molecule has 0 fully saturated rings. The van der Waals surface area contributed by atoms with Gasteiger partial charge in [-0.05, 0) is 117 Å². The van der Waals surface area contributed by atoms with Gasteiger partial charge in [-0.1, -0.05) is 109 Å². The van der Waals surface area contributed by atoms with Gasteiger partial charge in [0.1, 0.15) is 22.9 Å². The lowest BCUT2D eigenvalue weighted by atomic mass is 9.91. The number of aromatic hydroxyl groups is 1. The van der Waals surface area contributed by atoms with Crippen LogP contribution in [0.2, 0.25) is 0 Å². The molecule has 11 aromatic rings. The minimum Gasteiger partial charge on any atom is -0.506 e. The van der Waals surface area contributed by atoms with Crippen LogP contribution in [-0.4, -0.2) is 19.6 Å². The minimum absolute atomic E-state index is 0.134. The Hall–Kier alpha value is -8.42. The van der Waals surface area contributed by atoms with E-state index in [9.17, 15) is 5.11 Å². The number of nitrogens with zero attached hydrogens (tertiary/aromatic N) is 4. The van der Waals surface area contributed by atoms with E-state index < -0.39 is 0 Å². The summed E-state index contributed by atoms with van der Waals surface area (Å²) >= 11 is 0. The standard InChI is InChI=1S/C54H32N4O3/c59-46-20-10-22-48-52(46)58-45-19-8-9-21-47(45)60-49-29-34(30-50(61-48)53(49)58)33-23-26-44-42(28-33)39-16-6-7-18-43(39)57(44)51-31-41(40-17-11-27-55-54(40)56-51)38-25-24-35(32-12-2-1-3-13-32)36-14-4-5-15-37(36)38/h1-31,59H. The number of fused-ring (bicyclic) bond motifs is 9. The molecule has 0 saturated heterocycles. The summed E-state index contributed by atoms with van der Waals surface area (Å²) in [5, 5.41) is 16.6. The highest BCUT2D eigenvalue weighted by molar-refractivity contribution is 6.12. The Morgan fingerprint density at radius 2 is 1.11 bits per heavy atom. The summed E-state index contributed by atoms with van der Waals surface area (Å²) in [7, 11) is 0. The highest BCUT2D eigenvalue weighted by Crippen LogP contribution is 2.62. The summed E-state index contributed by atoms with van der Waals surface area (Å²) in [6.45, 7) is 0. The third-order valence-corrected chi connectivity index (χ3v) is 12.1. The van der Waals surface area contributed by atoms with Gasteiger partial charge in [0.05, 0.1) is 16.7 Å². The summed E-state index contributed by atoms with van der Waals surface area (Å²) in [5.74, 6) is 3.49. The summed E-state index contributed by atoms with van der Waals surface area (Å²) < 4.78 is 15.4.